The Hall–Kier alpha value is -2.87. The van der Waals surface area contributed by atoms with Crippen molar-refractivity contribution >= 4 is 23.0 Å². The van der Waals surface area contributed by atoms with E-state index in [4.69, 9.17) is 9.84 Å². The van der Waals surface area contributed by atoms with E-state index >= 15 is 0 Å². The van der Waals surface area contributed by atoms with Gasteiger partial charge in [-0.05, 0) is 42.9 Å². The van der Waals surface area contributed by atoms with Crippen molar-refractivity contribution in [2.75, 3.05) is 20.2 Å². The van der Waals surface area contributed by atoms with Gasteiger partial charge in [0.25, 0.3) is 0 Å². The van der Waals surface area contributed by atoms with Crippen LogP contribution >= 0.6 is 0 Å². The molecular weight excluding hydrogens is 364 g/mol. The second kappa shape index (κ2) is 8.43. The molecule has 28 heavy (non-hydrogen) atoms. The van der Waals surface area contributed by atoms with Gasteiger partial charge in [0.15, 0.2) is 0 Å². The number of amides is 1. The molecule has 0 radical (unpaired) electrons. The fourth-order valence-corrected chi connectivity index (χ4v) is 3.88. The van der Waals surface area contributed by atoms with Crippen LogP contribution in [0.2, 0.25) is 0 Å². The van der Waals surface area contributed by atoms with E-state index in [1.807, 2.05) is 24.3 Å². The highest BCUT2D eigenvalue weighted by Gasteiger charge is 2.36. The van der Waals surface area contributed by atoms with Crippen LogP contribution in [0.25, 0.3) is 10.9 Å². The average molecular weight is 388 g/mol. The summed E-state index contributed by atoms with van der Waals surface area (Å²) in [5.41, 5.74) is 1.47. The van der Waals surface area contributed by atoms with Crippen molar-refractivity contribution in [1.29, 1.82) is 0 Å². The lowest BCUT2D eigenvalue weighted by atomic mass is 9.81. The van der Waals surface area contributed by atoms with Crippen LogP contribution in [0.5, 0.6) is 5.75 Å². The zero-order valence-corrected chi connectivity index (χ0v) is 15.6. The van der Waals surface area contributed by atoms with Crippen LogP contribution in [0, 0.1) is 11.8 Å². The number of aromatic nitrogens is 1. The molecule has 1 fully saturated rings. The molecule has 0 spiro atoms. The van der Waals surface area contributed by atoms with E-state index in [1.54, 1.807) is 13.3 Å². The molecule has 1 aromatic heterocycles. The number of carboxylic acids is 1. The van der Waals surface area contributed by atoms with Gasteiger partial charge in [-0.3, -0.25) is 9.78 Å². The second-order valence-electron chi connectivity index (χ2n) is 7.10. The van der Waals surface area contributed by atoms with E-state index in [1.165, 1.54) is 0 Å². The van der Waals surface area contributed by atoms with Crippen LogP contribution in [0.4, 0.5) is 4.79 Å². The third-order valence-corrected chi connectivity index (χ3v) is 5.48. The highest BCUT2D eigenvalue weighted by molar-refractivity contribution is 5.83. The van der Waals surface area contributed by atoms with Crippen molar-refractivity contribution in [3.63, 3.8) is 0 Å². The molecular formula is C20H24N2O6. The zero-order chi connectivity index (χ0) is 20.3. The highest BCUT2D eigenvalue weighted by atomic mass is 16.5. The Morgan fingerprint density at radius 2 is 2.14 bits per heavy atom. The van der Waals surface area contributed by atoms with Gasteiger partial charge < -0.3 is 25.0 Å². The predicted molar refractivity (Wildman–Crippen MR) is 101 cm³/mol. The summed E-state index contributed by atoms with van der Waals surface area (Å²) in [5, 5.41) is 30.1. The first kappa shape index (κ1) is 19.9. The molecule has 2 heterocycles. The number of aliphatic hydroxyl groups is 1. The molecule has 0 aliphatic carbocycles. The quantitative estimate of drug-likeness (QED) is 0.696. The van der Waals surface area contributed by atoms with Gasteiger partial charge in [0.1, 0.15) is 5.75 Å². The largest absolute Gasteiger partial charge is 0.495 e. The number of likely N-dealkylation sites (tertiary alicyclic amines) is 1. The summed E-state index contributed by atoms with van der Waals surface area (Å²) >= 11 is 0. The number of hydrogen-bond donors (Lipinski definition) is 3. The van der Waals surface area contributed by atoms with Crippen LogP contribution in [0.3, 0.4) is 0 Å². The van der Waals surface area contributed by atoms with Gasteiger partial charge in [-0.15, -0.1) is 0 Å². The number of carbonyl (C=O) groups is 2. The maximum absolute atomic E-state index is 11.6. The van der Waals surface area contributed by atoms with Gasteiger partial charge >= 0.3 is 12.1 Å². The number of hydrogen-bond acceptors (Lipinski definition) is 5. The Balaban J connectivity index is 1.73. The van der Waals surface area contributed by atoms with Crippen molar-refractivity contribution in [2.24, 2.45) is 11.8 Å². The maximum Gasteiger partial charge on any atom is 0.407 e. The summed E-state index contributed by atoms with van der Waals surface area (Å²) in [6, 6.07) is 7.33. The molecule has 0 saturated carbocycles. The van der Waals surface area contributed by atoms with E-state index in [0.29, 0.717) is 31.6 Å². The van der Waals surface area contributed by atoms with Gasteiger partial charge in [-0.2, -0.15) is 0 Å². The number of piperidine rings is 1. The third-order valence-electron chi connectivity index (χ3n) is 5.48. The van der Waals surface area contributed by atoms with Crippen molar-refractivity contribution in [1.82, 2.24) is 9.88 Å². The molecule has 1 unspecified atom stereocenters. The topological polar surface area (TPSA) is 120 Å². The van der Waals surface area contributed by atoms with E-state index in [-0.39, 0.29) is 12.5 Å². The summed E-state index contributed by atoms with van der Waals surface area (Å²) < 4.78 is 5.22. The Bertz CT molecular complexity index is 871. The van der Waals surface area contributed by atoms with Gasteiger partial charge in [0.2, 0.25) is 0 Å². The minimum atomic E-state index is -1.10. The van der Waals surface area contributed by atoms with Crippen LogP contribution in [0.15, 0.2) is 30.5 Å². The molecule has 3 atom stereocenters. The summed E-state index contributed by atoms with van der Waals surface area (Å²) in [5.74, 6) is -1.33. The molecule has 3 N–H and O–H groups in total. The number of ether oxygens (including phenoxy) is 1. The number of fused-ring (bicyclic) bond motifs is 1. The average Bonchev–Trinajstić information content (AvgIpc) is 2.70. The number of nitrogens with zero attached hydrogens (tertiary/aromatic N) is 2. The Morgan fingerprint density at radius 1 is 1.36 bits per heavy atom. The van der Waals surface area contributed by atoms with Crippen LogP contribution in [-0.4, -0.2) is 57.5 Å². The highest BCUT2D eigenvalue weighted by Crippen LogP contribution is 2.33. The Kier molecular flexibility index (Phi) is 5.99. The lowest BCUT2D eigenvalue weighted by molar-refractivity contribution is -0.145. The van der Waals surface area contributed by atoms with Crippen molar-refractivity contribution in [3.8, 4) is 5.75 Å². The normalized spacial score (nSPS) is 20.7. The number of aliphatic carboxylic acids is 1. The van der Waals surface area contributed by atoms with E-state index < -0.39 is 24.1 Å². The van der Waals surface area contributed by atoms with Gasteiger partial charge in [-0.1, -0.05) is 12.1 Å². The first-order valence-corrected chi connectivity index (χ1v) is 9.22. The number of benzene rings is 1. The lowest BCUT2D eigenvalue weighted by Gasteiger charge is -2.35. The smallest absolute Gasteiger partial charge is 0.407 e. The first-order valence-electron chi connectivity index (χ1n) is 9.22. The monoisotopic (exact) mass is 388 g/mol. The summed E-state index contributed by atoms with van der Waals surface area (Å²) in [6.45, 7) is 0.302. The maximum atomic E-state index is 11.6. The molecule has 0 bridgehead atoms. The number of aliphatic hydroxyl groups excluding tert-OH is 1. The molecule has 2 aromatic rings. The van der Waals surface area contributed by atoms with Crippen molar-refractivity contribution < 1.29 is 29.6 Å². The number of carboxylic acid groups (broad SMARTS) is 2. The predicted octanol–water partition coefficient (Wildman–Crippen LogP) is 2.76. The summed E-state index contributed by atoms with van der Waals surface area (Å²) in [6.07, 6.45) is 1.11. The van der Waals surface area contributed by atoms with E-state index in [0.717, 1.165) is 21.4 Å². The fraction of sp³-hybridized carbons (Fsp3) is 0.450. The standard InChI is InChI=1S/C20H24N2O6/c1-28-13-9-15-14(3-2-4-17(15)21-10-13)18(23)6-5-12-7-8-22(20(26)27)11-16(12)19(24)25/h2-4,9-10,12,16,18,23H,5-8,11H2,1H3,(H,24,25)(H,26,27)/t12-,16+,18?/m1/s1. The van der Waals surface area contributed by atoms with Crippen molar-refractivity contribution in [3.05, 3.63) is 36.0 Å². The molecule has 8 nitrogen and oxygen atoms in total. The molecule has 3 rings (SSSR count). The van der Waals surface area contributed by atoms with E-state index in [2.05, 4.69) is 4.98 Å². The van der Waals surface area contributed by atoms with Gasteiger partial charge in [-0.25, -0.2) is 4.79 Å². The summed E-state index contributed by atoms with van der Waals surface area (Å²) in [4.78, 5) is 28.2. The van der Waals surface area contributed by atoms with E-state index in [9.17, 15) is 19.8 Å². The third kappa shape index (κ3) is 4.17. The minimum Gasteiger partial charge on any atom is -0.495 e. The molecule has 1 saturated heterocycles. The minimum absolute atomic E-state index is 0.0131. The number of methoxy groups -OCH3 is 1. The number of pyridine rings is 1. The first-order chi connectivity index (χ1) is 13.4. The molecule has 8 heteroatoms. The number of rotatable bonds is 6. The fourth-order valence-electron chi connectivity index (χ4n) is 3.88. The van der Waals surface area contributed by atoms with Crippen molar-refractivity contribution in [2.45, 2.75) is 25.4 Å². The SMILES string of the molecule is COc1cnc2cccc(C(O)CC[C@@H]3CCN(C(=O)O)C[C@@H]3C(=O)O)c2c1. The Labute approximate surface area is 162 Å². The Morgan fingerprint density at radius 3 is 2.82 bits per heavy atom. The lowest BCUT2D eigenvalue weighted by Crippen LogP contribution is -2.46. The van der Waals surface area contributed by atoms with Crippen LogP contribution in [-0.2, 0) is 4.79 Å². The zero-order valence-electron chi connectivity index (χ0n) is 15.6. The molecule has 1 aromatic carbocycles. The van der Waals surface area contributed by atoms with Crippen LogP contribution in [0.1, 0.15) is 30.9 Å². The summed E-state index contributed by atoms with van der Waals surface area (Å²) in [7, 11) is 1.55. The van der Waals surface area contributed by atoms with Gasteiger partial charge in [0, 0.05) is 18.5 Å². The molecule has 1 aliphatic rings. The van der Waals surface area contributed by atoms with Gasteiger partial charge in [0.05, 0.1) is 30.8 Å². The molecule has 1 amide bonds. The molecule has 150 valence electrons. The van der Waals surface area contributed by atoms with Crippen LogP contribution < -0.4 is 4.74 Å². The second-order valence-corrected chi connectivity index (χ2v) is 7.10. The molecule has 1 aliphatic heterocycles.